The molecule has 2 heterocycles. The van der Waals surface area contributed by atoms with Gasteiger partial charge >= 0.3 is 0 Å². The van der Waals surface area contributed by atoms with E-state index in [2.05, 4.69) is 39.6 Å². The second kappa shape index (κ2) is 5.65. The molecule has 0 saturated carbocycles. The van der Waals surface area contributed by atoms with Crippen molar-refractivity contribution >= 4 is 16.6 Å². The third kappa shape index (κ3) is 2.45. The number of benzene rings is 1. The largest absolute Gasteiger partial charge is 0.369 e. The molecule has 0 aliphatic carbocycles. The van der Waals surface area contributed by atoms with Crippen LogP contribution in [0, 0.1) is 0 Å². The zero-order chi connectivity index (χ0) is 13.8. The zero-order valence-electron chi connectivity index (χ0n) is 11.4. The predicted molar refractivity (Wildman–Crippen MR) is 81.5 cm³/mol. The van der Waals surface area contributed by atoms with E-state index in [1.807, 2.05) is 36.7 Å². The molecular formula is C16H16N4. The van der Waals surface area contributed by atoms with Gasteiger partial charge in [-0.25, -0.2) is 0 Å². The molecule has 4 heteroatoms. The lowest BCUT2D eigenvalue weighted by molar-refractivity contribution is 0.946. The number of fused-ring (bicyclic) bond motifs is 1. The van der Waals surface area contributed by atoms with Crippen LogP contribution in [0.25, 0.3) is 22.0 Å². The first-order valence-electron chi connectivity index (χ1n) is 6.79. The summed E-state index contributed by atoms with van der Waals surface area (Å²) in [5.41, 5.74) is 1.86. The third-order valence-corrected chi connectivity index (χ3v) is 3.16. The summed E-state index contributed by atoms with van der Waals surface area (Å²) in [6, 6.07) is 12.1. The second-order valence-corrected chi connectivity index (χ2v) is 4.64. The van der Waals surface area contributed by atoms with Gasteiger partial charge in [-0.3, -0.25) is 4.98 Å². The molecule has 0 aliphatic rings. The molecule has 0 bridgehead atoms. The highest BCUT2D eigenvalue weighted by Gasteiger charge is 2.06. The molecule has 0 unspecified atom stereocenters. The van der Waals surface area contributed by atoms with Gasteiger partial charge in [-0.05, 0) is 23.9 Å². The normalized spacial score (nSPS) is 10.7. The van der Waals surface area contributed by atoms with Gasteiger partial charge in [0.05, 0.1) is 5.69 Å². The molecular weight excluding hydrogens is 248 g/mol. The Hall–Kier alpha value is -2.49. The first-order chi connectivity index (χ1) is 9.88. The van der Waals surface area contributed by atoms with Crippen LogP contribution in [0.4, 0.5) is 5.82 Å². The minimum Gasteiger partial charge on any atom is -0.369 e. The Morgan fingerprint density at radius 2 is 1.90 bits per heavy atom. The average Bonchev–Trinajstić information content (AvgIpc) is 2.53. The molecule has 20 heavy (non-hydrogen) atoms. The van der Waals surface area contributed by atoms with Crippen molar-refractivity contribution in [1.29, 1.82) is 0 Å². The van der Waals surface area contributed by atoms with Crippen LogP contribution in [0.15, 0.2) is 48.8 Å². The van der Waals surface area contributed by atoms with E-state index >= 15 is 0 Å². The van der Waals surface area contributed by atoms with E-state index in [0.717, 1.165) is 40.8 Å². The van der Waals surface area contributed by atoms with Crippen LogP contribution in [0.3, 0.4) is 0 Å². The zero-order valence-corrected chi connectivity index (χ0v) is 11.4. The first-order valence-corrected chi connectivity index (χ1v) is 6.79. The van der Waals surface area contributed by atoms with Crippen molar-refractivity contribution in [1.82, 2.24) is 15.2 Å². The van der Waals surface area contributed by atoms with Crippen LogP contribution in [-0.2, 0) is 0 Å². The fourth-order valence-electron chi connectivity index (χ4n) is 2.14. The van der Waals surface area contributed by atoms with Crippen molar-refractivity contribution < 1.29 is 0 Å². The Labute approximate surface area is 117 Å². The maximum atomic E-state index is 4.30. The van der Waals surface area contributed by atoms with Gasteiger partial charge in [0.15, 0.2) is 0 Å². The van der Waals surface area contributed by atoms with E-state index in [-0.39, 0.29) is 0 Å². The lowest BCUT2D eigenvalue weighted by Gasteiger charge is -2.06. The Morgan fingerprint density at radius 1 is 1.00 bits per heavy atom. The summed E-state index contributed by atoms with van der Waals surface area (Å²) in [5, 5.41) is 14.0. The van der Waals surface area contributed by atoms with Crippen molar-refractivity contribution in [2.75, 3.05) is 11.9 Å². The number of anilines is 1. The van der Waals surface area contributed by atoms with E-state index in [4.69, 9.17) is 0 Å². The van der Waals surface area contributed by atoms with Crippen LogP contribution in [-0.4, -0.2) is 21.7 Å². The number of nitrogens with zero attached hydrogens (tertiary/aromatic N) is 3. The summed E-state index contributed by atoms with van der Waals surface area (Å²) in [7, 11) is 0. The van der Waals surface area contributed by atoms with Crippen LogP contribution in [0.1, 0.15) is 13.3 Å². The first kappa shape index (κ1) is 12.5. The fourth-order valence-corrected chi connectivity index (χ4v) is 2.14. The van der Waals surface area contributed by atoms with Crippen LogP contribution >= 0.6 is 0 Å². The Bertz CT molecular complexity index is 702. The molecule has 1 aromatic carbocycles. The highest BCUT2D eigenvalue weighted by molar-refractivity contribution is 5.94. The van der Waals surface area contributed by atoms with Gasteiger partial charge in [0, 0.05) is 29.9 Å². The summed E-state index contributed by atoms with van der Waals surface area (Å²) < 4.78 is 0. The average molecular weight is 264 g/mol. The summed E-state index contributed by atoms with van der Waals surface area (Å²) in [6.45, 7) is 3.03. The third-order valence-electron chi connectivity index (χ3n) is 3.16. The van der Waals surface area contributed by atoms with Crippen molar-refractivity contribution in [3.05, 3.63) is 48.8 Å². The number of rotatable bonds is 4. The molecule has 0 aliphatic heterocycles. The Kier molecular flexibility index (Phi) is 3.54. The van der Waals surface area contributed by atoms with Gasteiger partial charge in [0.2, 0.25) is 0 Å². The number of hydrogen-bond donors (Lipinski definition) is 1. The Balaban J connectivity index is 1.98. The molecule has 2 aromatic heterocycles. The summed E-state index contributed by atoms with van der Waals surface area (Å²) >= 11 is 0. The van der Waals surface area contributed by atoms with Gasteiger partial charge in [-0.15, -0.1) is 10.2 Å². The van der Waals surface area contributed by atoms with Crippen molar-refractivity contribution in [3.8, 4) is 11.3 Å². The summed E-state index contributed by atoms with van der Waals surface area (Å²) in [5.74, 6) is 0.809. The van der Waals surface area contributed by atoms with Crippen molar-refractivity contribution in [3.63, 3.8) is 0 Å². The molecule has 4 nitrogen and oxygen atoms in total. The molecule has 3 rings (SSSR count). The molecule has 0 saturated heterocycles. The molecule has 0 spiro atoms. The molecule has 0 atom stereocenters. The number of hydrogen-bond acceptors (Lipinski definition) is 4. The van der Waals surface area contributed by atoms with Crippen molar-refractivity contribution in [2.45, 2.75) is 13.3 Å². The van der Waals surface area contributed by atoms with E-state index < -0.39 is 0 Å². The number of nitrogens with one attached hydrogen (secondary N) is 1. The summed E-state index contributed by atoms with van der Waals surface area (Å²) in [4.78, 5) is 4.28. The summed E-state index contributed by atoms with van der Waals surface area (Å²) in [6.07, 6.45) is 4.77. The number of aromatic nitrogens is 3. The van der Waals surface area contributed by atoms with E-state index in [1.165, 1.54) is 0 Å². The highest BCUT2D eigenvalue weighted by Crippen LogP contribution is 2.25. The highest BCUT2D eigenvalue weighted by atomic mass is 15.2. The van der Waals surface area contributed by atoms with Crippen molar-refractivity contribution in [2.24, 2.45) is 0 Å². The standard InChI is InChI=1S/C16H16N4/c1-2-9-18-16-8-7-15(19-20-16)14-11-17-10-12-5-3-4-6-13(12)14/h3-8,10-11H,2,9H2,1H3,(H,18,20). The van der Waals surface area contributed by atoms with Gasteiger partial charge in [-0.2, -0.15) is 0 Å². The SMILES string of the molecule is CCCNc1ccc(-c2cncc3ccccc23)nn1. The lowest BCUT2D eigenvalue weighted by Crippen LogP contribution is -2.03. The molecule has 1 N–H and O–H groups in total. The van der Waals surface area contributed by atoms with E-state index in [0.29, 0.717) is 0 Å². The van der Waals surface area contributed by atoms with Gasteiger partial charge < -0.3 is 5.32 Å². The maximum Gasteiger partial charge on any atom is 0.148 e. The Morgan fingerprint density at radius 3 is 2.70 bits per heavy atom. The minimum absolute atomic E-state index is 0.809. The number of pyridine rings is 1. The smallest absolute Gasteiger partial charge is 0.148 e. The molecule has 3 aromatic rings. The fraction of sp³-hybridized carbons (Fsp3) is 0.188. The van der Waals surface area contributed by atoms with Gasteiger partial charge in [-0.1, -0.05) is 31.2 Å². The van der Waals surface area contributed by atoms with E-state index in [9.17, 15) is 0 Å². The quantitative estimate of drug-likeness (QED) is 0.783. The van der Waals surface area contributed by atoms with Gasteiger partial charge in [0.25, 0.3) is 0 Å². The molecule has 0 amide bonds. The second-order valence-electron chi connectivity index (χ2n) is 4.64. The minimum atomic E-state index is 0.809. The predicted octanol–water partition coefficient (Wildman–Crippen LogP) is 3.51. The van der Waals surface area contributed by atoms with E-state index in [1.54, 1.807) is 0 Å². The molecule has 100 valence electrons. The van der Waals surface area contributed by atoms with Crippen LogP contribution in [0.2, 0.25) is 0 Å². The van der Waals surface area contributed by atoms with Crippen LogP contribution < -0.4 is 5.32 Å². The van der Waals surface area contributed by atoms with Gasteiger partial charge in [0.1, 0.15) is 5.82 Å². The molecule has 0 fully saturated rings. The molecule has 0 radical (unpaired) electrons. The van der Waals surface area contributed by atoms with Crippen LogP contribution in [0.5, 0.6) is 0 Å². The topological polar surface area (TPSA) is 50.7 Å². The lowest BCUT2D eigenvalue weighted by atomic mass is 10.1. The maximum absolute atomic E-state index is 4.30. The monoisotopic (exact) mass is 264 g/mol.